The van der Waals surface area contributed by atoms with Gasteiger partial charge < -0.3 is 29.2 Å². The van der Waals surface area contributed by atoms with E-state index in [1.54, 1.807) is 7.11 Å². The summed E-state index contributed by atoms with van der Waals surface area (Å²) < 4.78 is 22.9. The molecule has 1 saturated heterocycles. The Balaban J connectivity index is 1.53. The van der Waals surface area contributed by atoms with Gasteiger partial charge in [-0.3, -0.25) is 4.79 Å². The van der Waals surface area contributed by atoms with Crippen LogP contribution >= 0.6 is 0 Å². The molecule has 1 aromatic heterocycles. The summed E-state index contributed by atoms with van der Waals surface area (Å²) in [5.74, 6) is 0.633. The van der Waals surface area contributed by atoms with E-state index in [9.17, 15) is 14.4 Å². The molecule has 5 atom stereocenters. The van der Waals surface area contributed by atoms with Crippen LogP contribution < -0.4 is 14.8 Å². The molecule has 2 aromatic rings. The minimum Gasteiger partial charge on any atom is -0.497 e. The van der Waals surface area contributed by atoms with Gasteiger partial charge in [0, 0.05) is 11.8 Å². The van der Waals surface area contributed by atoms with Crippen molar-refractivity contribution in [3.63, 3.8) is 0 Å². The number of hydrogen-bond acceptors (Lipinski definition) is 8. The molecule has 1 aliphatic carbocycles. The highest BCUT2D eigenvalue weighted by atomic mass is 16.6. The van der Waals surface area contributed by atoms with Gasteiger partial charge in [-0.2, -0.15) is 0 Å². The van der Waals surface area contributed by atoms with E-state index < -0.39 is 35.7 Å². The van der Waals surface area contributed by atoms with Gasteiger partial charge >= 0.3 is 12.1 Å². The van der Waals surface area contributed by atoms with Crippen molar-refractivity contribution in [2.45, 2.75) is 90.0 Å². The fourth-order valence-corrected chi connectivity index (χ4v) is 6.44. The van der Waals surface area contributed by atoms with Gasteiger partial charge in [0.05, 0.1) is 26.3 Å². The maximum Gasteiger partial charge on any atom is 0.408 e. The first kappa shape index (κ1) is 30.6. The maximum atomic E-state index is 14.1. The number of allylic oxidation sites excluding steroid dienone is 1. The highest BCUT2D eigenvalue weighted by Crippen LogP contribution is 2.35. The van der Waals surface area contributed by atoms with Crippen molar-refractivity contribution in [1.82, 2.24) is 15.2 Å². The second-order valence-electron chi connectivity index (χ2n) is 12.8. The molecule has 5 rings (SSSR count). The molecule has 10 nitrogen and oxygen atoms in total. The van der Waals surface area contributed by atoms with Crippen molar-refractivity contribution in [1.29, 1.82) is 0 Å². The second-order valence-corrected chi connectivity index (χ2v) is 12.8. The molecule has 1 N–H and O–H groups in total. The molecule has 10 heteroatoms. The average molecular weight is 594 g/mol. The number of ether oxygens (including phenoxy) is 4. The Labute approximate surface area is 253 Å². The quantitative estimate of drug-likeness (QED) is 0.468. The summed E-state index contributed by atoms with van der Waals surface area (Å²) in [6.07, 6.45) is 8.58. The molecule has 3 heterocycles. The molecule has 2 fully saturated rings. The van der Waals surface area contributed by atoms with Gasteiger partial charge in [0.15, 0.2) is 0 Å². The van der Waals surface area contributed by atoms with Gasteiger partial charge in [0.1, 0.15) is 41.5 Å². The Bertz CT molecular complexity index is 1380. The molecule has 43 heavy (non-hydrogen) atoms. The first-order chi connectivity index (χ1) is 20.6. The Kier molecular flexibility index (Phi) is 9.13. The van der Waals surface area contributed by atoms with Crippen molar-refractivity contribution in [3.05, 3.63) is 36.0 Å². The summed E-state index contributed by atoms with van der Waals surface area (Å²) in [7, 11) is 2.92. The summed E-state index contributed by atoms with van der Waals surface area (Å²) in [6.45, 7) is 5.78. The smallest absolute Gasteiger partial charge is 0.408 e. The number of methoxy groups -OCH3 is 2. The zero-order chi connectivity index (χ0) is 30.7. The number of fused-ring (bicyclic) bond motifs is 5. The van der Waals surface area contributed by atoms with Gasteiger partial charge in [0.2, 0.25) is 5.91 Å². The van der Waals surface area contributed by atoms with Crippen LogP contribution in [0.25, 0.3) is 17.0 Å². The van der Waals surface area contributed by atoms with Crippen LogP contribution in [-0.4, -0.2) is 72.9 Å². The molecule has 232 valence electrons. The Hall–Kier alpha value is -3.82. The number of benzene rings is 1. The Morgan fingerprint density at radius 2 is 1.86 bits per heavy atom. The van der Waals surface area contributed by atoms with Crippen molar-refractivity contribution in [2.24, 2.45) is 11.3 Å². The van der Waals surface area contributed by atoms with Crippen LogP contribution in [0, 0.1) is 11.3 Å². The number of nitrogens with one attached hydrogen (secondary N) is 1. The Morgan fingerprint density at radius 3 is 2.60 bits per heavy atom. The molecule has 1 unspecified atom stereocenters. The summed E-state index contributed by atoms with van der Waals surface area (Å²) in [5.41, 5.74) is 0.839. The number of carbonyl (C=O) groups is 3. The molecule has 2 amide bonds. The highest BCUT2D eigenvalue weighted by molar-refractivity contribution is 5.91. The number of aromatic nitrogens is 1. The van der Waals surface area contributed by atoms with Crippen LogP contribution in [-0.2, 0) is 19.1 Å². The van der Waals surface area contributed by atoms with E-state index in [1.165, 1.54) is 12.0 Å². The lowest BCUT2D eigenvalue weighted by Crippen LogP contribution is -2.57. The monoisotopic (exact) mass is 593 g/mol. The van der Waals surface area contributed by atoms with Crippen LogP contribution in [0.15, 0.2) is 30.3 Å². The molecular formula is C33H43N3O7. The third-order valence-electron chi connectivity index (χ3n) is 8.77. The van der Waals surface area contributed by atoms with E-state index in [-0.39, 0.29) is 30.9 Å². The summed E-state index contributed by atoms with van der Waals surface area (Å²) in [4.78, 5) is 46.5. The standard InChI is InChI=1S/C33H43N3O7/c1-33(2,3)29-30(37)36-19-23(18-26(36)31(38)41-5)42-28-17-21-16-22(40-4)14-15-24(21)34-25(28)12-8-6-7-10-20-11-9-13-27(20)43-32(39)35-29/h8,12,14-17,20,23,26-27,29H,6-7,9-11,13,18-19H2,1-5H3,(H,35,39)/b12-8+/t20?,23-,26+,27-,29-/m1/s1. The number of rotatable bonds is 2. The third-order valence-corrected chi connectivity index (χ3v) is 8.77. The topological polar surface area (TPSA) is 116 Å². The zero-order valence-electron chi connectivity index (χ0n) is 25.8. The second kappa shape index (κ2) is 12.8. The molecule has 2 bridgehead atoms. The predicted molar refractivity (Wildman–Crippen MR) is 162 cm³/mol. The lowest BCUT2D eigenvalue weighted by atomic mass is 9.85. The van der Waals surface area contributed by atoms with E-state index in [1.807, 2.05) is 51.1 Å². The van der Waals surface area contributed by atoms with E-state index in [4.69, 9.17) is 23.9 Å². The molecule has 0 spiro atoms. The van der Waals surface area contributed by atoms with Crippen molar-refractivity contribution >= 4 is 34.9 Å². The predicted octanol–water partition coefficient (Wildman–Crippen LogP) is 5.27. The van der Waals surface area contributed by atoms with Gasteiger partial charge in [-0.1, -0.05) is 26.8 Å². The van der Waals surface area contributed by atoms with E-state index in [2.05, 4.69) is 11.4 Å². The van der Waals surface area contributed by atoms with E-state index in [0.717, 1.165) is 49.4 Å². The Morgan fingerprint density at radius 1 is 1.07 bits per heavy atom. The number of amides is 2. The van der Waals surface area contributed by atoms with E-state index >= 15 is 0 Å². The fourth-order valence-electron chi connectivity index (χ4n) is 6.44. The van der Waals surface area contributed by atoms with Gasteiger partial charge in [-0.25, -0.2) is 14.6 Å². The van der Waals surface area contributed by atoms with Crippen LogP contribution in [0.1, 0.15) is 71.4 Å². The molecule has 0 radical (unpaired) electrons. The normalized spacial score (nSPS) is 27.6. The number of hydrogen-bond donors (Lipinski definition) is 1. The van der Waals surface area contributed by atoms with Gasteiger partial charge in [-0.05, 0) is 80.2 Å². The number of carbonyl (C=O) groups excluding carboxylic acids is 3. The SMILES string of the molecule is COC(=O)[C@@H]1C[C@@H]2CN1C(=O)[C@H](C(C)(C)C)NC(=O)O[C@@H]1CCCC1CCC/C=C/c1nc3ccc(OC)cc3cc1O2. The number of nitrogens with zero attached hydrogens (tertiary/aromatic N) is 2. The molecule has 3 aliphatic rings. The lowest BCUT2D eigenvalue weighted by Gasteiger charge is -2.35. The molecule has 1 aromatic carbocycles. The molecule has 1 saturated carbocycles. The molecule has 2 aliphatic heterocycles. The molecular weight excluding hydrogens is 550 g/mol. The van der Waals surface area contributed by atoms with E-state index in [0.29, 0.717) is 17.2 Å². The first-order valence-electron chi connectivity index (χ1n) is 15.2. The lowest BCUT2D eigenvalue weighted by molar-refractivity contribution is -0.152. The maximum absolute atomic E-state index is 14.1. The van der Waals surface area contributed by atoms with Crippen LogP contribution in [0.3, 0.4) is 0 Å². The minimum atomic E-state index is -0.919. The minimum absolute atomic E-state index is 0.145. The van der Waals surface area contributed by atoms with Crippen molar-refractivity contribution < 1.29 is 33.3 Å². The number of pyridine rings is 1. The third kappa shape index (κ3) is 6.89. The van der Waals surface area contributed by atoms with Crippen LogP contribution in [0.4, 0.5) is 4.79 Å². The summed E-state index contributed by atoms with van der Waals surface area (Å²) >= 11 is 0. The summed E-state index contributed by atoms with van der Waals surface area (Å²) in [6, 6.07) is 5.84. The number of esters is 1. The fraction of sp³-hybridized carbons (Fsp3) is 0.576. The van der Waals surface area contributed by atoms with Gasteiger partial charge in [0.25, 0.3) is 0 Å². The van der Waals surface area contributed by atoms with Crippen molar-refractivity contribution in [2.75, 3.05) is 20.8 Å². The summed E-state index contributed by atoms with van der Waals surface area (Å²) in [5, 5.41) is 3.71. The first-order valence-corrected chi connectivity index (χ1v) is 15.2. The highest BCUT2D eigenvalue weighted by Gasteiger charge is 2.46. The van der Waals surface area contributed by atoms with Crippen molar-refractivity contribution in [3.8, 4) is 11.5 Å². The average Bonchev–Trinajstić information content (AvgIpc) is 3.60. The van der Waals surface area contributed by atoms with Crippen LogP contribution in [0.5, 0.6) is 11.5 Å². The zero-order valence-corrected chi connectivity index (χ0v) is 25.8. The van der Waals surface area contributed by atoms with Gasteiger partial charge in [-0.15, -0.1) is 0 Å². The number of alkyl carbamates (subject to hydrolysis) is 1. The largest absolute Gasteiger partial charge is 0.497 e. The van der Waals surface area contributed by atoms with Crippen LogP contribution in [0.2, 0.25) is 0 Å².